The number of esters is 1. The third-order valence-electron chi connectivity index (χ3n) is 11.7. The van der Waals surface area contributed by atoms with E-state index in [4.69, 9.17) is 44.8 Å². The largest absolute Gasteiger partial charge is 0.465 e. The second-order valence-electron chi connectivity index (χ2n) is 13.7. The summed E-state index contributed by atoms with van der Waals surface area (Å²) in [6, 6.07) is -1.01. The number of methoxy groups -OCH3 is 3. The van der Waals surface area contributed by atoms with E-state index in [2.05, 4.69) is 5.32 Å². The van der Waals surface area contributed by atoms with E-state index < -0.39 is 77.7 Å². The van der Waals surface area contributed by atoms with Crippen LogP contribution in [0.5, 0.6) is 0 Å². The van der Waals surface area contributed by atoms with Crippen molar-refractivity contribution in [3.05, 3.63) is 0 Å². The van der Waals surface area contributed by atoms with E-state index in [1.165, 1.54) is 0 Å². The van der Waals surface area contributed by atoms with E-state index in [9.17, 15) is 30.0 Å². The van der Waals surface area contributed by atoms with Crippen LogP contribution >= 0.6 is 11.6 Å². The van der Waals surface area contributed by atoms with Gasteiger partial charge in [-0.3, -0.25) is 9.59 Å². The van der Waals surface area contributed by atoms with Crippen molar-refractivity contribution in [2.75, 3.05) is 41.3 Å². The van der Waals surface area contributed by atoms with Crippen LogP contribution in [0.4, 0.5) is 8.78 Å². The molecule has 3 saturated heterocycles. The number of carbonyl (C=O) groups is 2. The Morgan fingerprint density at radius 3 is 2.17 bits per heavy atom. The molecule has 15 atom stereocenters. The first-order chi connectivity index (χ1) is 22.3. The third-order valence-corrected chi connectivity index (χ3v) is 12.2. The maximum Gasteiger partial charge on any atom is 0.369 e. The Bertz CT molecular complexity index is 1160. The third kappa shape index (κ3) is 5.69. The van der Waals surface area contributed by atoms with Gasteiger partial charge in [-0.25, -0.2) is 0 Å². The predicted molar refractivity (Wildman–Crippen MR) is 153 cm³/mol. The fraction of sp³-hybridized carbons (Fsp3) is 0.933. The number of hydrogen-bond acceptors (Lipinski definition) is 13. The van der Waals surface area contributed by atoms with Crippen LogP contribution in [-0.2, 0) is 42.7 Å². The lowest BCUT2D eigenvalue weighted by atomic mass is 9.51. The molecule has 0 bridgehead atoms. The molecule has 6 rings (SSSR count). The summed E-state index contributed by atoms with van der Waals surface area (Å²) in [7, 11) is 4.75. The minimum atomic E-state index is -4.69. The van der Waals surface area contributed by atoms with E-state index >= 15 is 8.78 Å². The number of nitrogens with one attached hydrogen (secondary N) is 1. The van der Waals surface area contributed by atoms with Crippen molar-refractivity contribution >= 4 is 23.5 Å². The molecule has 0 aromatic rings. The highest BCUT2D eigenvalue weighted by Crippen LogP contribution is 2.57. The number of ether oxygens (including phenoxy) is 7. The summed E-state index contributed by atoms with van der Waals surface area (Å²) in [5.74, 6) is -9.71. The van der Waals surface area contributed by atoms with Crippen molar-refractivity contribution in [3.63, 3.8) is 0 Å². The standard InChI is InChI=1S/C30H44ClF2NO13/c1-41-17-4-11(5-18(42-2)25(17)43-3)20-12-6-15-16(46-10-45-15)7-13(12)22(14-9-44-27(39)21(14)20)34-28(40)30(32,33)29(31)26(38)24(37)23(36)19(8-35)47-29/h11-26,35-38H,4-10H2,1-3H3,(H,34,40)/t11?,12?,13?,14?,15?,16?,17?,18?,19-,20-,21+,22-,23-,24+,25?,26-,29?/m1/s1. The first kappa shape index (κ1) is 35.5. The SMILES string of the molecule is COC1CC([C@@H]2C3CC4OCOC4CC3[C@@H](NC(=O)C(F)(F)C3(Cl)O[C@H](CO)[C@@H](O)[C@H](O)[C@H]3O)C3COC(=O)[C@@H]32)CC(OC)C1OC. The smallest absolute Gasteiger partial charge is 0.369 e. The van der Waals surface area contributed by atoms with Crippen molar-refractivity contribution in [1.29, 1.82) is 0 Å². The van der Waals surface area contributed by atoms with Gasteiger partial charge < -0.3 is 58.9 Å². The Kier molecular flexibility index (Phi) is 10.2. The molecule has 8 unspecified atom stereocenters. The number of aliphatic hydroxyl groups excluding tert-OH is 4. The second-order valence-corrected chi connectivity index (χ2v) is 14.2. The molecule has 0 spiro atoms. The van der Waals surface area contributed by atoms with E-state index in [1.54, 1.807) is 21.3 Å². The van der Waals surface area contributed by atoms with Gasteiger partial charge in [0, 0.05) is 33.3 Å². The van der Waals surface area contributed by atoms with Gasteiger partial charge in [-0.2, -0.15) is 8.78 Å². The highest BCUT2D eigenvalue weighted by atomic mass is 35.5. The fourth-order valence-corrected chi connectivity index (χ4v) is 9.77. The van der Waals surface area contributed by atoms with E-state index in [0.717, 1.165) is 0 Å². The number of aliphatic hydroxyl groups is 4. The van der Waals surface area contributed by atoms with Crippen LogP contribution in [0, 0.1) is 35.5 Å². The number of cyclic esters (lactones) is 1. The number of amides is 1. The first-order valence-corrected chi connectivity index (χ1v) is 16.4. The molecule has 0 aromatic heterocycles. The highest BCUT2D eigenvalue weighted by molar-refractivity contribution is 6.26. The molecule has 0 radical (unpaired) electrons. The molecule has 14 nitrogen and oxygen atoms in total. The Labute approximate surface area is 275 Å². The zero-order chi connectivity index (χ0) is 34.0. The van der Waals surface area contributed by atoms with Crippen molar-refractivity contribution < 1.29 is 72.0 Å². The normalized spacial score (nSPS) is 49.9. The Balaban J connectivity index is 1.33. The molecule has 3 heterocycles. The number of halogens is 3. The topological polar surface area (TPSA) is 192 Å². The van der Waals surface area contributed by atoms with Gasteiger partial charge in [0.25, 0.3) is 5.91 Å². The van der Waals surface area contributed by atoms with Crippen LogP contribution in [0.1, 0.15) is 25.7 Å². The van der Waals surface area contributed by atoms with Crippen LogP contribution in [-0.4, -0.2) is 146 Å². The van der Waals surface area contributed by atoms with E-state index in [0.29, 0.717) is 25.7 Å². The molecule has 17 heteroatoms. The molecular formula is C30H44ClF2NO13. The summed E-state index contributed by atoms with van der Waals surface area (Å²) < 4.78 is 71.8. The molecule has 3 aliphatic heterocycles. The van der Waals surface area contributed by atoms with Crippen molar-refractivity contribution in [2.24, 2.45) is 35.5 Å². The minimum Gasteiger partial charge on any atom is -0.465 e. The highest BCUT2D eigenvalue weighted by Gasteiger charge is 2.70. The molecule has 268 valence electrons. The summed E-state index contributed by atoms with van der Waals surface area (Å²) in [5, 5.41) is 39.3. The lowest BCUT2D eigenvalue weighted by Gasteiger charge is -2.56. The zero-order valence-electron chi connectivity index (χ0n) is 26.3. The summed E-state index contributed by atoms with van der Waals surface area (Å²) in [6.45, 7) is -1.09. The number of fused-ring (bicyclic) bond motifs is 3. The van der Waals surface area contributed by atoms with Crippen LogP contribution < -0.4 is 5.32 Å². The average molecular weight is 700 g/mol. The molecule has 6 fully saturated rings. The summed E-state index contributed by atoms with van der Waals surface area (Å²) >= 11 is 6.10. The second kappa shape index (κ2) is 13.4. The lowest BCUT2D eigenvalue weighted by Crippen LogP contribution is -2.72. The van der Waals surface area contributed by atoms with Gasteiger partial charge in [0.2, 0.25) is 5.06 Å². The van der Waals surface area contributed by atoms with Crippen LogP contribution in [0.2, 0.25) is 0 Å². The monoisotopic (exact) mass is 699 g/mol. The Hall–Kier alpha value is -1.31. The first-order valence-electron chi connectivity index (χ1n) is 16.0. The van der Waals surface area contributed by atoms with Gasteiger partial charge in [0.1, 0.15) is 37.3 Å². The van der Waals surface area contributed by atoms with Gasteiger partial charge in [0.15, 0.2) is 0 Å². The summed E-state index contributed by atoms with van der Waals surface area (Å²) in [5.41, 5.74) is 0. The lowest BCUT2D eigenvalue weighted by molar-refractivity contribution is -0.293. The van der Waals surface area contributed by atoms with Crippen LogP contribution in [0.25, 0.3) is 0 Å². The van der Waals surface area contributed by atoms with Gasteiger partial charge in [-0.15, -0.1) is 0 Å². The zero-order valence-corrected chi connectivity index (χ0v) is 27.0. The molecule has 6 aliphatic rings. The fourth-order valence-electron chi connectivity index (χ4n) is 9.44. The minimum absolute atomic E-state index is 0.0596. The van der Waals surface area contributed by atoms with E-state index in [-0.39, 0.29) is 61.7 Å². The van der Waals surface area contributed by atoms with Gasteiger partial charge >= 0.3 is 11.9 Å². The number of alkyl halides is 3. The number of rotatable bonds is 8. The van der Waals surface area contributed by atoms with Gasteiger partial charge in [-0.05, 0) is 49.4 Å². The van der Waals surface area contributed by atoms with Crippen molar-refractivity contribution in [1.82, 2.24) is 5.32 Å². The van der Waals surface area contributed by atoms with Crippen LogP contribution in [0.15, 0.2) is 0 Å². The van der Waals surface area contributed by atoms with Gasteiger partial charge in [-0.1, -0.05) is 11.6 Å². The molecular weight excluding hydrogens is 656 g/mol. The van der Waals surface area contributed by atoms with Crippen molar-refractivity contribution in [2.45, 2.75) is 97.6 Å². The molecule has 5 N–H and O–H groups in total. The Morgan fingerprint density at radius 2 is 1.60 bits per heavy atom. The summed E-state index contributed by atoms with van der Waals surface area (Å²) in [4.78, 5) is 27.1. The predicted octanol–water partition coefficient (Wildman–Crippen LogP) is -0.843. The molecule has 3 saturated carbocycles. The molecule has 1 amide bonds. The van der Waals surface area contributed by atoms with Crippen molar-refractivity contribution in [3.8, 4) is 0 Å². The molecule has 0 aromatic carbocycles. The maximum absolute atomic E-state index is 16.1. The maximum atomic E-state index is 16.1. The molecule has 47 heavy (non-hydrogen) atoms. The number of hydrogen-bond donors (Lipinski definition) is 5. The van der Waals surface area contributed by atoms with E-state index in [1.807, 2.05) is 0 Å². The van der Waals surface area contributed by atoms with Crippen LogP contribution in [0.3, 0.4) is 0 Å². The number of carbonyl (C=O) groups excluding carboxylic acids is 2. The average Bonchev–Trinajstić information content (AvgIpc) is 3.69. The quantitative estimate of drug-likeness (QED) is 0.156. The Morgan fingerprint density at radius 1 is 0.979 bits per heavy atom. The van der Waals surface area contributed by atoms with Gasteiger partial charge in [0.05, 0.1) is 43.5 Å². The summed E-state index contributed by atoms with van der Waals surface area (Å²) in [6.07, 6.45) is -8.42. The molecule has 3 aliphatic carbocycles.